The number of hydrogen-bond donors (Lipinski definition) is 1. The van der Waals surface area contributed by atoms with Crippen molar-refractivity contribution < 1.29 is 44.2 Å². The van der Waals surface area contributed by atoms with Gasteiger partial charge in [-0.3, -0.25) is 0 Å². The molecule has 1 aliphatic rings. The Morgan fingerprint density at radius 2 is 2.18 bits per heavy atom. The van der Waals surface area contributed by atoms with E-state index in [4.69, 9.17) is 0 Å². The quantitative estimate of drug-likeness (QED) is 0.435. The van der Waals surface area contributed by atoms with E-state index in [0.29, 0.717) is 5.56 Å². The van der Waals surface area contributed by atoms with Crippen LogP contribution in [-0.4, -0.2) is 26.6 Å². The summed E-state index contributed by atoms with van der Waals surface area (Å²) in [5.41, 5.74) is 2.53. The van der Waals surface area contributed by atoms with Crippen LogP contribution in [0.5, 0.6) is 0 Å². The molecule has 5 heteroatoms. The van der Waals surface area contributed by atoms with Crippen LogP contribution in [0.3, 0.4) is 0 Å². The van der Waals surface area contributed by atoms with E-state index in [1.165, 1.54) is 7.11 Å². The summed E-state index contributed by atoms with van der Waals surface area (Å²) in [5.74, 6) is -0.351. The van der Waals surface area contributed by atoms with Crippen molar-refractivity contribution in [3.8, 4) is 0 Å². The van der Waals surface area contributed by atoms with Gasteiger partial charge in [-0.25, -0.2) is 4.79 Å². The summed E-state index contributed by atoms with van der Waals surface area (Å²) in [7, 11) is 1.36. The SMILES string of the molecule is COC(=O)c1ccc2c(c1)C(O)CCC2.[BH4-].[Na+]. The number of benzene rings is 1. The molecule has 1 aliphatic carbocycles. The van der Waals surface area contributed by atoms with Crippen LogP contribution in [0.2, 0.25) is 0 Å². The van der Waals surface area contributed by atoms with Crippen molar-refractivity contribution in [3.05, 3.63) is 34.9 Å². The third-order valence-electron chi connectivity index (χ3n) is 2.85. The maximum atomic E-state index is 11.3. The summed E-state index contributed by atoms with van der Waals surface area (Å²) < 4.78 is 4.64. The Kier molecular flexibility index (Phi) is 7.10. The van der Waals surface area contributed by atoms with E-state index in [0.717, 1.165) is 30.4 Å². The monoisotopic (exact) mass is 244 g/mol. The summed E-state index contributed by atoms with van der Waals surface area (Å²) in [6.45, 7) is 0. The van der Waals surface area contributed by atoms with Gasteiger partial charge in [-0.2, -0.15) is 0 Å². The molecule has 2 rings (SSSR count). The van der Waals surface area contributed by atoms with Gasteiger partial charge in [0, 0.05) is 0 Å². The molecule has 0 fully saturated rings. The molecule has 0 saturated carbocycles. The van der Waals surface area contributed by atoms with Gasteiger partial charge in [0.1, 0.15) is 0 Å². The fraction of sp³-hybridized carbons (Fsp3) is 0.417. The Hall–Kier alpha value is -0.285. The average molecular weight is 244 g/mol. The van der Waals surface area contributed by atoms with Gasteiger partial charge in [-0.05, 0) is 42.5 Å². The molecule has 1 aromatic rings. The van der Waals surface area contributed by atoms with Crippen molar-refractivity contribution in [3.63, 3.8) is 0 Å². The van der Waals surface area contributed by atoms with Crippen LogP contribution in [0.25, 0.3) is 0 Å². The van der Waals surface area contributed by atoms with Crippen LogP contribution in [0.15, 0.2) is 18.2 Å². The molecule has 17 heavy (non-hydrogen) atoms. The van der Waals surface area contributed by atoms with E-state index in [9.17, 15) is 9.90 Å². The van der Waals surface area contributed by atoms with Gasteiger partial charge in [0.15, 0.2) is 0 Å². The van der Waals surface area contributed by atoms with Crippen molar-refractivity contribution in [2.24, 2.45) is 0 Å². The second-order valence-electron chi connectivity index (χ2n) is 3.81. The predicted octanol–water partition coefficient (Wildman–Crippen LogP) is -2.60. The van der Waals surface area contributed by atoms with Crippen molar-refractivity contribution >= 4 is 14.4 Å². The number of ether oxygens (including phenoxy) is 1. The number of rotatable bonds is 1. The van der Waals surface area contributed by atoms with E-state index >= 15 is 0 Å². The largest absolute Gasteiger partial charge is 1.00 e. The fourth-order valence-electron chi connectivity index (χ4n) is 2.02. The van der Waals surface area contributed by atoms with Crippen LogP contribution in [0.4, 0.5) is 0 Å². The predicted molar refractivity (Wildman–Crippen MR) is 67.0 cm³/mol. The van der Waals surface area contributed by atoms with Gasteiger partial charge in [-0.1, -0.05) is 14.5 Å². The van der Waals surface area contributed by atoms with Crippen LogP contribution in [0, 0.1) is 0 Å². The summed E-state index contributed by atoms with van der Waals surface area (Å²) in [4.78, 5) is 11.3. The smallest absolute Gasteiger partial charge is 0.465 e. The molecule has 0 aliphatic heterocycles. The van der Waals surface area contributed by atoms with Gasteiger partial charge < -0.3 is 9.84 Å². The van der Waals surface area contributed by atoms with Gasteiger partial charge in [0.25, 0.3) is 0 Å². The summed E-state index contributed by atoms with van der Waals surface area (Å²) in [6, 6.07) is 5.40. The minimum Gasteiger partial charge on any atom is -0.465 e. The number of methoxy groups -OCH3 is 1. The number of aryl methyl sites for hydroxylation is 1. The molecule has 0 bridgehead atoms. The Labute approximate surface area is 125 Å². The van der Waals surface area contributed by atoms with Gasteiger partial charge in [0.2, 0.25) is 0 Å². The van der Waals surface area contributed by atoms with E-state index < -0.39 is 6.10 Å². The summed E-state index contributed by atoms with van der Waals surface area (Å²) in [5, 5.41) is 9.79. The number of aliphatic hydroxyl groups excluding tert-OH is 1. The number of carbonyl (C=O) groups is 1. The maximum absolute atomic E-state index is 11.3. The molecule has 1 aromatic carbocycles. The first-order valence-electron chi connectivity index (χ1n) is 5.11. The molecule has 0 radical (unpaired) electrons. The van der Waals surface area contributed by atoms with E-state index in [2.05, 4.69) is 4.74 Å². The Morgan fingerprint density at radius 3 is 2.82 bits per heavy atom. The van der Waals surface area contributed by atoms with Crippen LogP contribution < -0.4 is 29.6 Å². The minimum atomic E-state index is -0.432. The second kappa shape index (κ2) is 7.22. The molecular weight excluding hydrogens is 226 g/mol. The standard InChI is InChI=1S/C12H14O3.BH4.Na/c1-15-12(14)9-6-5-8-3-2-4-11(13)10(8)7-9;;/h5-7,11,13H,2-4H2,1H3;1H4;/q;-1;+1. The molecule has 1 N–H and O–H groups in total. The summed E-state index contributed by atoms with van der Waals surface area (Å²) >= 11 is 0. The molecule has 88 valence electrons. The first-order valence-corrected chi connectivity index (χ1v) is 5.11. The topological polar surface area (TPSA) is 46.5 Å². The Morgan fingerprint density at radius 1 is 1.47 bits per heavy atom. The fourth-order valence-corrected chi connectivity index (χ4v) is 2.02. The van der Waals surface area contributed by atoms with Gasteiger partial charge >= 0.3 is 35.5 Å². The molecule has 0 heterocycles. The number of hydrogen-bond acceptors (Lipinski definition) is 3. The number of fused-ring (bicyclic) bond motifs is 1. The van der Waals surface area contributed by atoms with Crippen LogP contribution in [0.1, 0.15) is 40.4 Å². The Balaban J connectivity index is 0.00000128. The number of carbonyl (C=O) groups excluding carboxylic acids is 1. The maximum Gasteiger partial charge on any atom is 1.00 e. The first kappa shape index (κ1) is 16.7. The molecule has 3 nitrogen and oxygen atoms in total. The molecule has 1 unspecified atom stereocenters. The van der Waals surface area contributed by atoms with E-state index in [1.807, 2.05) is 6.07 Å². The summed E-state index contributed by atoms with van der Waals surface area (Å²) in [6.07, 6.45) is 2.33. The zero-order valence-electron chi connectivity index (χ0n) is 9.69. The van der Waals surface area contributed by atoms with Gasteiger partial charge in [0.05, 0.1) is 18.8 Å². The molecule has 0 saturated heterocycles. The number of esters is 1. The third kappa shape index (κ3) is 3.58. The van der Waals surface area contributed by atoms with Crippen molar-refractivity contribution in [1.82, 2.24) is 0 Å². The Bertz CT molecular complexity index is 395. The molecule has 1 atom stereocenters. The molecule has 0 amide bonds. The normalized spacial score (nSPS) is 17.2. The van der Waals surface area contributed by atoms with E-state index in [1.54, 1.807) is 12.1 Å². The second-order valence-corrected chi connectivity index (χ2v) is 3.81. The molecular formula is C12H18BNaO3. The van der Waals surface area contributed by atoms with Gasteiger partial charge in [-0.15, -0.1) is 0 Å². The van der Waals surface area contributed by atoms with Crippen molar-refractivity contribution in [2.75, 3.05) is 7.11 Å². The molecule has 0 spiro atoms. The first-order chi connectivity index (χ1) is 7.22. The average Bonchev–Trinajstić information content (AvgIpc) is 2.28. The third-order valence-corrected chi connectivity index (χ3v) is 2.85. The van der Waals surface area contributed by atoms with Crippen molar-refractivity contribution in [2.45, 2.75) is 25.4 Å². The number of aliphatic hydroxyl groups is 1. The zero-order valence-corrected chi connectivity index (χ0v) is 11.7. The van der Waals surface area contributed by atoms with E-state index in [-0.39, 0.29) is 43.9 Å². The van der Waals surface area contributed by atoms with Crippen LogP contribution in [-0.2, 0) is 11.2 Å². The van der Waals surface area contributed by atoms with Crippen LogP contribution >= 0.6 is 0 Å². The van der Waals surface area contributed by atoms with Crippen molar-refractivity contribution in [1.29, 1.82) is 0 Å². The molecule has 0 aromatic heterocycles. The zero-order chi connectivity index (χ0) is 10.8. The minimum absolute atomic E-state index is 0.